The molecule has 0 aliphatic carbocycles. The van der Waals surface area contributed by atoms with E-state index < -0.39 is 0 Å². The molecular weight excluding hydrogens is 422 g/mol. The van der Waals surface area contributed by atoms with E-state index in [0.717, 1.165) is 11.3 Å². The molecule has 0 fully saturated rings. The van der Waals surface area contributed by atoms with Gasteiger partial charge in [-0.15, -0.1) is 0 Å². The summed E-state index contributed by atoms with van der Waals surface area (Å²) < 4.78 is 1.69. The number of carbonyl (C=O) groups is 2. The number of aromatic nitrogens is 3. The van der Waals surface area contributed by atoms with Crippen molar-refractivity contribution in [3.63, 3.8) is 0 Å². The van der Waals surface area contributed by atoms with E-state index in [1.807, 2.05) is 26.0 Å². The third-order valence-electron chi connectivity index (χ3n) is 5.13. The summed E-state index contributed by atoms with van der Waals surface area (Å²) in [7, 11) is 0. The molecule has 30 heavy (non-hydrogen) atoms. The Hall–Kier alpha value is -2.84. The van der Waals surface area contributed by atoms with E-state index in [4.69, 9.17) is 17.3 Å². The molecule has 1 aliphatic heterocycles. The summed E-state index contributed by atoms with van der Waals surface area (Å²) in [5.41, 5.74) is 8.83. The zero-order valence-electron chi connectivity index (χ0n) is 16.6. The molecule has 3 heterocycles. The van der Waals surface area contributed by atoms with Crippen LogP contribution in [-0.2, 0) is 6.42 Å². The Kier molecular flexibility index (Phi) is 6.19. The topological polar surface area (TPSA) is 94.1 Å². The number of benzene rings is 1. The maximum atomic E-state index is 13.3. The number of pyridine rings is 1. The number of anilines is 2. The van der Waals surface area contributed by atoms with Crippen LogP contribution in [0.4, 0.5) is 11.5 Å². The minimum absolute atomic E-state index is 0. The second kappa shape index (κ2) is 8.49. The van der Waals surface area contributed by atoms with Gasteiger partial charge in [0.1, 0.15) is 11.5 Å². The van der Waals surface area contributed by atoms with Crippen molar-refractivity contribution in [1.82, 2.24) is 14.8 Å². The molecule has 0 spiro atoms. The highest BCUT2D eigenvalue weighted by Crippen LogP contribution is 2.30. The SMILES string of the molecule is Cc1cc(N2C[C@H](C)n3ncc(CC(=O)c4cccnc4N)c3C2=O)ccc1Cl.S. The highest BCUT2D eigenvalue weighted by molar-refractivity contribution is 7.59. The lowest BCUT2D eigenvalue weighted by Crippen LogP contribution is -2.43. The van der Waals surface area contributed by atoms with Crippen LogP contribution in [0, 0.1) is 6.92 Å². The van der Waals surface area contributed by atoms with Crippen LogP contribution in [0.2, 0.25) is 5.02 Å². The molecule has 2 aromatic heterocycles. The Morgan fingerprint density at radius 1 is 1.33 bits per heavy atom. The smallest absolute Gasteiger partial charge is 0.276 e. The number of hydrogen-bond acceptors (Lipinski definition) is 5. The molecule has 1 amide bonds. The van der Waals surface area contributed by atoms with E-state index in [1.165, 1.54) is 6.20 Å². The fraction of sp³-hybridized carbons (Fsp3) is 0.238. The molecule has 156 valence electrons. The highest BCUT2D eigenvalue weighted by Gasteiger charge is 2.34. The third-order valence-corrected chi connectivity index (χ3v) is 5.55. The Balaban J connectivity index is 0.00000256. The summed E-state index contributed by atoms with van der Waals surface area (Å²) in [5.74, 6) is -0.216. The number of halogens is 1. The van der Waals surface area contributed by atoms with E-state index >= 15 is 0 Å². The predicted octanol–water partition coefficient (Wildman–Crippen LogP) is 3.58. The number of nitrogens with two attached hydrogens (primary N) is 1. The van der Waals surface area contributed by atoms with E-state index in [2.05, 4.69) is 10.1 Å². The van der Waals surface area contributed by atoms with Crippen LogP contribution in [0.15, 0.2) is 42.7 Å². The van der Waals surface area contributed by atoms with Crippen LogP contribution in [-0.4, -0.2) is 33.0 Å². The second-order valence-corrected chi connectivity index (χ2v) is 7.60. The van der Waals surface area contributed by atoms with Crippen molar-refractivity contribution in [2.45, 2.75) is 26.3 Å². The number of hydrogen-bond donors (Lipinski definition) is 1. The lowest BCUT2D eigenvalue weighted by atomic mass is 10.0. The van der Waals surface area contributed by atoms with Crippen LogP contribution in [0.25, 0.3) is 0 Å². The normalized spacial score (nSPS) is 15.5. The lowest BCUT2D eigenvalue weighted by Gasteiger charge is -2.32. The molecule has 4 rings (SSSR count). The van der Waals surface area contributed by atoms with E-state index in [9.17, 15) is 9.59 Å². The van der Waals surface area contributed by atoms with Gasteiger partial charge in [0.15, 0.2) is 5.78 Å². The van der Waals surface area contributed by atoms with Crippen LogP contribution < -0.4 is 10.6 Å². The van der Waals surface area contributed by atoms with Crippen molar-refractivity contribution in [3.05, 3.63) is 70.1 Å². The Labute approximate surface area is 186 Å². The van der Waals surface area contributed by atoms with Crippen molar-refractivity contribution < 1.29 is 9.59 Å². The van der Waals surface area contributed by atoms with Crippen molar-refractivity contribution in [1.29, 1.82) is 0 Å². The van der Waals surface area contributed by atoms with Gasteiger partial charge in [0.25, 0.3) is 5.91 Å². The van der Waals surface area contributed by atoms with Crippen molar-refractivity contribution in [2.24, 2.45) is 0 Å². The molecule has 7 nitrogen and oxygen atoms in total. The minimum atomic E-state index is -0.202. The first-order valence-electron chi connectivity index (χ1n) is 9.25. The fourth-order valence-electron chi connectivity index (χ4n) is 3.59. The monoisotopic (exact) mass is 443 g/mol. The van der Waals surface area contributed by atoms with Crippen LogP contribution in [0.5, 0.6) is 0 Å². The average Bonchev–Trinajstić information content (AvgIpc) is 3.11. The van der Waals surface area contributed by atoms with Crippen LogP contribution >= 0.6 is 25.1 Å². The van der Waals surface area contributed by atoms with Gasteiger partial charge in [0, 0.05) is 35.4 Å². The van der Waals surface area contributed by atoms with Gasteiger partial charge < -0.3 is 10.6 Å². The van der Waals surface area contributed by atoms with Gasteiger partial charge in [0.2, 0.25) is 0 Å². The number of ketones is 1. The van der Waals surface area contributed by atoms with E-state index in [-0.39, 0.29) is 43.5 Å². The largest absolute Gasteiger partial charge is 0.383 e. The molecule has 1 aromatic carbocycles. The summed E-state index contributed by atoms with van der Waals surface area (Å²) in [4.78, 5) is 31.7. The second-order valence-electron chi connectivity index (χ2n) is 7.20. The molecule has 3 aromatic rings. The number of carbonyl (C=O) groups excluding carboxylic acids is 2. The van der Waals surface area contributed by atoms with Crippen molar-refractivity contribution in [3.8, 4) is 0 Å². The lowest BCUT2D eigenvalue weighted by molar-refractivity contribution is 0.0951. The first-order chi connectivity index (χ1) is 13.9. The standard InChI is InChI=1S/C21H20ClN5O2.H2S/c1-12-8-15(5-6-17(12)22)26-11-13(2)27-19(21(26)29)14(10-25-27)9-18(28)16-4-3-7-24-20(16)23;/h3-8,10,13H,9,11H2,1-2H3,(H2,23,24);1H2/t13-;/m0./s1. The van der Waals surface area contributed by atoms with Crippen LogP contribution in [0.1, 0.15) is 44.9 Å². The number of amides is 1. The Bertz CT molecular complexity index is 1130. The number of fused-ring (bicyclic) bond motifs is 1. The highest BCUT2D eigenvalue weighted by atomic mass is 35.5. The fourth-order valence-corrected chi connectivity index (χ4v) is 3.71. The molecule has 0 unspecified atom stereocenters. The van der Waals surface area contributed by atoms with Crippen molar-refractivity contribution >= 4 is 48.3 Å². The zero-order chi connectivity index (χ0) is 20.7. The number of Topliss-reactive ketones (excluding diaryl/α,β-unsaturated/α-hetero) is 1. The van der Waals surface area contributed by atoms with Gasteiger partial charge in [-0.3, -0.25) is 14.3 Å². The predicted molar refractivity (Wildman–Crippen MR) is 122 cm³/mol. The van der Waals surface area contributed by atoms with E-state index in [0.29, 0.717) is 28.4 Å². The van der Waals surface area contributed by atoms with Crippen molar-refractivity contribution in [2.75, 3.05) is 17.2 Å². The number of nitrogen functional groups attached to an aromatic ring is 1. The molecule has 0 saturated heterocycles. The molecule has 0 radical (unpaired) electrons. The zero-order valence-corrected chi connectivity index (χ0v) is 18.3. The number of rotatable bonds is 4. The molecule has 9 heteroatoms. The van der Waals surface area contributed by atoms with E-state index in [1.54, 1.807) is 34.0 Å². The first-order valence-corrected chi connectivity index (χ1v) is 9.62. The van der Waals surface area contributed by atoms with Gasteiger partial charge in [-0.05, 0) is 49.7 Å². The molecule has 0 bridgehead atoms. The number of aryl methyl sites for hydroxylation is 1. The number of nitrogens with zero attached hydrogens (tertiary/aromatic N) is 4. The van der Waals surface area contributed by atoms with Gasteiger partial charge >= 0.3 is 0 Å². The summed E-state index contributed by atoms with van der Waals surface area (Å²) in [6.07, 6.45) is 3.15. The maximum Gasteiger partial charge on any atom is 0.276 e. The quantitative estimate of drug-likeness (QED) is 0.622. The van der Waals surface area contributed by atoms with Gasteiger partial charge in [0.05, 0.1) is 17.8 Å². The Morgan fingerprint density at radius 3 is 2.80 bits per heavy atom. The first kappa shape index (κ1) is 21.9. The summed E-state index contributed by atoms with van der Waals surface area (Å²) in [6, 6.07) is 8.76. The minimum Gasteiger partial charge on any atom is -0.383 e. The Morgan fingerprint density at radius 2 is 2.10 bits per heavy atom. The molecular formula is C21H22ClN5O2S. The van der Waals surface area contributed by atoms with Gasteiger partial charge in [-0.25, -0.2) is 4.98 Å². The maximum absolute atomic E-state index is 13.3. The average molecular weight is 444 g/mol. The molecule has 0 saturated carbocycles. The molecule has 1 atom stereocenters. The molecule has 1 aliphatic rings. The van der Waals surface area contributed by atoms with Gasteiger partial charge in [-0.2, -0.15) is 18.6 Å². The summed E-state index contributed by atoms with van der Waals surface area (Å²) in [6.45, 7) is 4.37. The van der Waals surface area contributed by atoms with Crippen LogP contribution in [0.3, 0.4) is 0 Å². The summed E-state index contributed by atoms with van der Waals surface area (Å²) in [5, 5.41) is 5.02. The summed E-state index contributed by atoms with van der Waals surface area (Å²) >= 11 is 6.13. The molecule has 2 N–H and O–H groups in total. The third kappa shape index (κ3) is 3.80. The van der Waals surface area contributed by atoms with Gasteiger partial charge in [-0.1, -0.05) is 11.6 Å².